The van der Waals surface area contributed by atoms with Crippen molar-refractivity contribution in [2.45, 2.75) is 57.3 Å². The molecule has 2 atom stereocenters. The predicted octanol–water partition coefficient (Wildman–Crippen LogP) is 4.39. The minimum absolute atomic E-state index is 0.0999. The highest BCUT2D eigenvalue weighted by Crippen LogP contribution is 2.37. The summed E-state index contributed by atoms with van der Waals surface area (Å²) in [6.45, 7) is 7.58. The molecule has 2 aliphatic heterocycles. The van der Waals surface area contributed by atoms with Gasteiger partial charge in [0.25, 0.3) is 0 Å². The zero-order valence-electron chi connectivity index (χ0n) is 21.6. The van der Waals surface area contributed by atoms with Gasteiger partial charge in [0.15, 0.2) is 5.82 Å². The number of aromatic nitrogens is 2. The Balaban J connectivity index is 1.58. The lowest BCUT2D eigenvalue weighted by molar-refractivity contribution is -0.137. The highest BCUT2D eigenvalue weighted by atomic mass is 19.4. The lowest BCUT2D eigenvalue weighted by Crippen LogP contribution is -2.52. The maximum Gasteiger partial charge on any atom is 0.416 e. The Morgan fingerprint density at radius 3 is 2.26 bits per heavy atom. The van der Waals surface area contributed by atoms with Gasteiger partial charge in [-0.2, -0.15) is 18.2 Å². The van der Waals surface area contributed by atoms with E-state index >= 15 is 0 Å². The lowest BCUT2D eigenvalue weighted by atomic mass is 9.84. The van der Waals surface area contributed by atoms with E-state index in [1.807, 2.05) is 0 Å². The van der Waals surface area contributed by atoms with E-state index in [-0.39, 0.29) is 30.3 Å². The van der Waals surface area contributed by atoms with Crippen molar-refractivity contribution >= 4 is 12.1 Å². The summed E-state index contributed by atoms with van der Waals surface area (Å²) in [7, 11) is 0. The summed E-state index contributed by atoms with van der Waals surface area (Å²) in [4.78, 5) is 34.1. The first-order chi connectivity index (χ1) is 17.8. The monoisotopic (exact) mass is 539 g/mol. The molecule has 0 radical (unpaired) electrons. The summed E-state index contributed by atoms with van der Waals surface area (Å²) in [5, 5.41) is 13.7. The molecule has 38 heavy (non-hydrogen) atoms. The Labute approximate surface area is 218 Å². The van der Waals surface area contributed by atoms with Crippen molar-refractivity contribution in [2.24, 2.45) is 0 Å². The second-order valence-electron chi connectivity index (χ2n) is 10.6. The maximum absolute atomic E-state index is 13.3. The number of carbonyl (C=O) groups excluding carboxylic acids is 1. The van der Waals surface area contributed by atoms with E-state index in [0.29, 0.717) is 57.2 Å². The number of hydrogen-bond donors (Lipinski definition) is 1. The second-order valence-corrected chi connectivity index (χ2v) is 10.6. The topological polar surface area (TPSA) is 112 Å². The molecule has 0 aliphatic carbocycles. The second kappa shape index (κ2) is 10.8. The van der Waals surface area contributed by atoms with Gasteiger partial charge in [-0.3, -0.25) is 4.90 Å². The van der Waals surface area contributed by atoms with Crippen LogP contribution in [0.25, 0.3) is 0 Å². The molecule has 13 heteroatoms. The first-order valence-corrected chi connectivity index (χ1v) is 12.4. The molecule has 2 unspecified atom stereocenters. The number of carboxylic acid groups (broad SMARTS) is 1. The molecule has 2 saturated heterocycles. The van der Waals surface area contributed by atoms with Crippen molar-refractivity contribution in [1.82, 2.24) is 24.8 Å². The van der Waals surface area contributed by atoms with Gasteiger partial charge in [0.1, 0.15) is 6.54 Å². The first-order valence-electron chi connectivity index (χ1n) is 12.4. The number of carbonyl (C=O) groups is 2. The first kappa shape index (κ1) is 27.7. The van der Waals surface area contributed by atoms with Crippen LogP contribution in [0.4, 0.5) is 22.8 Å². The summed E-state index contributed by atoms with van der Waals surface area (Å²) in [6.07, 6.45) is -5.08. The molecule has 10 nitrogen and oxygen atoms in total. The summed E-state index contributed by atoms with van der Waals surface area (Å²) in [5.41, 5.74) is -0.754. The van der Waals surface area contributed by atoms with Crippen LogP contribution >= 0.6 is 0 Å². The lowest BCUT2D eigenvalue weighted by Gasteiger charge is -2.40. The van der Waals surface area contributed by atoms with Gasteiger partial charge in [0.2, 0.25) is 5.89 Å². The maximum atomic E-state index is 13.3. The smallest absolute Gasteiger partial charge is 0.416 e. The molecule has 3 amide bonds. The number of urea groups is 1. The van der Waals surface area contributed by atoms with Gasteiger partial charge in [0, 0.05) is 43.6 Å². The number of likely N-dealkylation sites (tertiary alicyclic amines) is 1. The normalized spacial score (nSPS) is 20.9. The Bertz CT molecular complexity index is 1130. The average molecular weight is 540 g/mol. The van der Waals surface area contributed by atoms with Gasteiger partial charge < -0.3 is 24.2 Å². The van der Waals surface area contributed by atoms with Crippen LogP contribution in [0, 0.1) is 0 Å². The van der Waals surface area contributed by atoms with Gasteiger partial charge in [-0.05, 0) is 44.9 Å². The number of amides is 3. The zero-order valence-corrected chi connectivity index (χ0v) is 21.6. The molecule has 1 N–H and O–H groups in total. The fourth-order valence-corrected chi connectivity index (χ4v) is 4.81. The van der Waals surface area contributed by atoms with E-state index < -0.39 is 23.4 Å². The number of hydrogen-bond acceptors (Lipinski definition) is 6. The van der Waals surface area contributed by atoms with E-state index in [4.69, 9.17) is 9.26 Å². The van der Waals surface area contributed by atoms with E-state index in [1.54, 1.807) is 30.6 Å². The van der Waals surface area contributed by atoms with Crippen molar-refractivity contribution in [1.29, 1.82) is 0 Å². The van der Waals surface area contributed by atoms with Crippen LogP contribution in [0.15, 0.2) is 28.8 Å². The van der Waals surface area contributed by atoms with Gasteiger partial charge in [-0.1, -0.05) is 17.3 Å². The summed E-state index contributed by atoms with van der Waals surface area (Å²) in [5.74, 6) is -0.157. The van der Waals surface area contributed by atoms with Crippen molar-refractivity contribution in [3.05, 3.63) is 47.1 Å². The predicted molar refractivity (Wildman–Crippen MR) is 129 cm³/mol. The summed E-state index contributed by atoms with van der Waals surface area (Å²) < 4.78 is 50.0. The van der Waals surface area contributed by atoms with Crippen LogP contribution in [-0.2, 0) is 17.5 Å². The van der Waals surface area contributed by atoms with Crippen LogP contribution in [-0.4, -0.2) is 87.0 Å². The Morgan fingerprint density at radius 1 is 1.05 bits per heavy atom. The molecule has 1 aromatic carbocycles. The number of rotatable bonds is 4. The van der Waals surface area contributed by atoms with E-state index in [1.165, 1.54) is 17.0 Å². The highest BCUT2D eigenvalue weighted by molar-refractivity contribution is 5.75. The number of ether oxygens (including phenoxy) is 1. The van der Waals surface area contributed by atoms with Crippen molar-refractivity contribution in [3.8, 4) is 0 Å². The highest BCUT2D eigenvalue weighted by Gasteiger charge is 2.37. The number of piperidine rings is 1. The minimum Gasteiger partial charge on any atom is -0.465 e. The molecule has 0 spiro atoms. The standard InChI is InChI=1S/C25H32F3N5O5/c1-24(2,3)33(23(35)36)15-20-29-21(30-38-20)18-12-17(16-4-6-19(7-5-16)25(26,27)28)13-32(14-18)22(34)31-8-10-37-11-9-31/h4-7,17-18H,8-15H2,1-3H3,(H,35,36). The fourth-order valence-electron chi connectivity index (χ4n) is 4.81. The molecule has 3 heterocycles. The Hall–Kier alpha value is -3.35. The van der Waals surface area contributed by atoms with E-state index in [2.05, 4.69) is 10.1 Å². The van der Waals surface area contributed by atoms with E-state index in [0.717, 1.165) is 12.1 Å². The Morgan fingerprint density at radius 2 is 1.68 bits per heavy atom. The third-order valence-corrected chi connectivity index (χ3v) is 6.90. The van der Waals surface area contributed by atoms with Crippen LogP contribution in [0.3, 0.4) is 0 Å². The van der Waals surface area contributed by atoms with Crippen molar-refractivity contribution in [2.75, 3.05) is 39.4 Å². The van der Waals surface area contributed by atoms with Crippen LogP contribution in [0.1, 0.15) is 61.9 Å². The molecule has 4 rings (SSSR count). The fraction of sp³-hybridized carbons (Fsp3) is 0.600. The van der Waals surface area contributed by atoms with Gasteiger partial charge >= 0.3 is 18.3 Å². The molecular weight excluding hydrogens is 507 g/mol. The van der Waals surface area contributed by atoms with Gasteiger partial charge in [-0.25, -0.2) is 9.59 Å². The number of morpholine rings is 1. The Kier molecular flexibility index (Phi) is 7.86. The number of nitrogens with zero attached hydrogens (tertiary/aromatic N) is 5. The largest absolute Gasteiger partial charge is 0.465 e. The summed E-state index contributed by atoms with van der Waals surface area (Å²) in [6, 6.07) is 4.81. The summed E-state index contributed by atoms with van der Waals surface area (Å²) >= 11 is 0. The molecule has 0 saturated carbocycles. The van der Waals surface area contributed by atoms with Crippen molar-refractivity contribution in [3.63, 3.8) is 0 Å². The zero-order chi connectivity index (χ0) is 27.7. The average Bonchev–Trinajstić information content (AvgIpc) is 3.35. The molecule has 2 aliphatic rings. The molecule has 208 valence electrons. The van der Waals surface area contributed by atoms with Gasteiger partial charge in [0.05, 0.1) is 18.8 Å². The molecular formula is C25H32F3N5O5. The number of alkyl halides is 3. The quantitative estimate of drug-likeness (QED) is 0.613. The third kappa shape index (κ3) is 6.37. The number of benzene rings is 1. The van der Waals surface area contributed by atoms with Gasteiger partial charge in [-0.15, -0.1) is 0 Å². The van der Waals surface area contributed by atoms with Crippen LogP contribution < -0.4 is 0 Å². The SMILES string of the molecule is CC(C)(C)N(Cc1nc(C2CC(c3ccc(C(F)(F)F)cc3)CN(C(=O)N3CCOCC3)C2)no1)C(=O)O. The van der Waals surface area contributed by atoms with Crippen LogP contribution in [0.5, 0.6) is 0 Å². The molecule has 2 fully saturated rings. The minimum atomic E-state index is -4.44. The third-order valence-electron chi connectivity index (χ3n) is 6.90. The molecule has 2 aromatic rings. The van der Waals surface area contributed by atoms with Crippen LogP contribution in [0.2, 0.25) is 0 Å². The molecule has 1 aromatic heterocycles. The van der Waals surface area contributed by atoms with Crippen molar-refractivity contribution < 1.29 is 37.1 Å². The van der Waals surface area contributed by atoms with E-state index in [9.17, 15) is 27.9 Å². The number of halogens is 3. The molecule has 0 bridgehead atoms.